The first-order valence-corrected chi connectivity index (χ1v) is 11.8. The molecule has 0 radical (unpaired) electrons. The van der Waals surface area contributed by atoms with Crippen LogP contribution in [0.15, 0.2) is 42.6 Å². The Kier molecular flexibility index (Phi) is 5.39. The summed E-state index contributed by atoms with van der Waals surface area (Å²) < 4.78 is 0. The van der Waals surface area contributed by atoms with Crippen molar-refractivity contribution in [3.63, 3.8) is 0 Å². The molecule has 1 aromatic carbocycles. The summed E-state index contributed by atoms with van der Waals surface area (Å²) >= 11 is 0. The fourth-order valence-corrected chi connectivity index (χ4v) is 5.46. The summed E-state index contributed by atoms with van der Waals surface area (Å²) in [7, 11) is 0. The summed E-state index contributed by atoms with van der Waals surface area (Å²) in [5.41, 5.74) is 3.08. The van der Waals surface area contributed by atoms with Crippen LogP contribution in [0.2, 0.25) is 0 Å². The van der Waals surface area contributed by atoms with Crippen LogP contribution in [-0.4, -0.2) is 65.9 Å². The van der Waals surface area contributed by atoms with Crippen molar-refractivity contribution in [1.29, 1.82) is 0 Å². The van der Waals surface area contributed by atoms with Gasteiger partial charge in [-0.3, -0.25) is 9.59 Å². The third-order valence-electron chi connectivity index (χ3n) is 7.72. The SMILES string of the molecule is Cc1ccc(C)c(C(=O)N2CCC3(CC2)C[C@@H]3C(=O)N2CCN(c3ccccn3)CC2)c1. The zero-order valence-corrected chi connectivity index (χ0v) is 19.1. The highest BCUT2D eigenvalue weighted by atomic mass is 16.2. The van der Waals surface area contributed by atoms with Crippen LogP contribution in [0, 0.1) is 25.2 Å². The highest BCUT2D eigenvalue weighted by molar-refractivity contribution is 5.96. The van der Waals surface area contributed by atoms with Crippen LogP contribution >= 0.6 is 0 Å². The van der Waals surface area contributed by atoms with Crippen LogP contribution in [0.5, 0.6) is 0 Å². The van der Waals surface area contributed by atoms with E-state index in [9.17, 15) is 9.59 Å². The molecule has 0 N–H and O–H groups in total. The minimum atomic E-state index is 0.119. The standard InChI is InChI=1S/C26H32N4O2/c1-19-6-7-20(2)21(17-19)24(31)29-11-8-26(9-12-29)18-22(26)25(32)30-15-13-28(14-16-30)23-5-3-4-10-27-23/h3-7,10,17,22H,8-9,11-16,18H2,1-2H3/t22-/m1/s1. The van der Waals surface area contributed by atoms with Crippen molar-refractivity contribution < 1.29 is 9.59 Å². The van der Waals surface area contributed by atoms with Crippen LogP contribution < -0.4 is 4.90 Å². The maximum Gasteiger partial charge on any atom is 0.254 e. The fourth-order valence-electron chi connectivity index (χ4n) is 5.46. The Hall–Kier alpha value is -2.89. The Morgan fingerprint density at radius 2 is 1.69 bits per heavy atom. The number of anilines is 1. The molecule has 6 nitrogen and oxygen atoms in total. The minimum Gasteiger partial charge on any atom is -0.353 e. The number of hydrogen-bond donors (Lipinski definition) is 0. The van der Waals surface area contributed by atoms with E-state index in [1.807, 2.05) is 66.2 Å². The highest BCUT2D eigenvalue weighted by Gasteiger charge is 2.59. The van der Waals surface area contributed by atoms with Gasteiger partial charge in [-0.05, 0) is 62.3 Å². The summed E-state index contributed by atoms with van der Waals surface area (Å²) in [6, 6.07) is 12.0. The molecule has 1 aliphatic carbocycles. The topological polar surface area (TPSA) is 56.8 Å². The molecule has 168 valence electrons. The van der Waals surface area contributed by atoms with Crippen molar-refractivity contribution in [1.82, 2.24) is 14.8 Å². The molecule has 1 spiro atoms. The molecule has 2 saturated heterocycles. The molecule has 1 atom stereocenters. The molecule has 2 aromatic rings. The molecule has 1 aromatic heterocycles. The Bertz CT molecular complexity index is 1010. The van der Waals surface area contributed by atoms with Gasteiger partial charge in [-0.25, -0.2) is 4.98 Å². The van der Waals surface area contributed by atoms with E-state index in [2.05, 4.69) is 9.88 Å². The monoisotopic (exact) mass is 432 g/mol. The lowest BCUT2D eigenvalue weighted by Crippen LogP contribution is -2.50. The molecule has 6 heteroatoms. The van der Waals surface area contributed by atoms with Crippen LogP contribution in [0.4, 0.5) is 5.82 Å². The van der Waals surface area contributed by atoms with Crippen molar-refractivity contribution in [2.45, 2.75) is 33.1 Å². The molecule has 2 aliphatic heterocycles. The van der Waals surface area contributed by atoms with Crippen molar-refractivity contribution in [3.05, 3.63) is 59.3 Å². The van der Waals surface area contributed by atoms with E-state index in [-0.39, 0.29) is 17.2 Å². The average molecular weight is 433 g/mol. The van der Waals surface area contributed by atoms with Crippen molar-refractivity contribution >= 4 is 17.6 Å². The molecule has 5 rings (SSSR count). The van der Waals surface area contributed by atoms with E-state index in [1.165, 1.54) is 0 Å². The predicted octanol–water partition coefficient (Wildman–Crippen LogP) is 3.29. The molecule has 3 heterocycles. The van der Waals surface area contributed by atoms with Gasteiger partial charge in [0.15, 0.2) is 0 Å². The van der Waals surface area contributed by atoms with Gasteiger partial charge in [0.25, 0.3) is 5.91 Å². The second-order valence-corrected chi connectivity index (χ2v) is 9.73. The lowest BCUT2D eigenvalue weighted by Gasteiger charge is -2.37. The zero-order valence-electron chi connectivity index (χ0n) is 19.1. The zero-order chi connectivity index (χ0) is 22.3. The van der Waals surface area contributed by atoms with E-state index >= 15 is 0 Å². The number of benzene rings is 1. The molecule has 1 saturated carbocycles. The summed E-state index contributed by atoms with van der Waals surface area (Å²) in [6.45, 7) is 8.73. The van der Waals surface area contributed by atoms with Gasteiger partial charge in [-0.15, -0.1) is 0 Å². The number of rotatable bonds is 3. The molecular weight excluding hydrogens is 400 g/mol. The molecule has 3 aliphatic rings. The Morgan fingerprint density at radius 3 is 2.38 bits per heavy atom. The van der Waals surface area contributed by atoms with Gasteiger partial charge in [0.1, 0.15) is 5.82 Å². The van der Waals surface area contributed by atoms with Gasteiger partial charge in [0.05, 0.1) is 0 Å². The number of likely N-dealkylation sites (tertiary alicyclic amines) is 1. The number of aryl methyl sites for hydroxylation is 2. The second kappa shape index (κ2) is 8.23. The van der Waals surface area contributed by atoms with E-state index in [0.717, 1.165) is 81.0 Å². The molecule has 0 unspecified atom stereocenters. The van der Waals surface area contributed by atoms with Crippen molar-refractivity contribution in [2.75, 3.05) is 44.2 Å². The summed E-state index contributed by atoms with van der Waals surface area (Å²) in [5.74, 6) is 1.58. The number of nitrogens with zero attached hydrogens (tertiary/aromatic N) is 4. The summed E-state index contributed by atoms with van der Waals surface area (Å²) in [6.07, 6.45) is 4.68. The number of piperazine rings is 1. The van der Waals surface area contributed by atoms with Gasteiger partial charge in [-0.2, -0.15) is 0 Å². The quantitative estimate of drug-likeness (QED) is 0.747. The molecule has 3 fully saturated rings. The Morgan fingerprint density at radius 1 is 0.938 bits per heavy atom. The number of carbonyl (C=O) groups excluding carboxylic acids is 2. The smallest absolute Gasteiger partial charge is 0.254 e. The van der Waals surface area contributed by atoms with Crippen LogP contribution in [-0.2, 0) is 4.79 Å². The number of pyridine rings is 1. The number of amides is 2. The minimum absolute atomic E-state index is 0.119. The van der Waals surface area contributed by atoms with Crippen molar-refractivity contribution in [2.24, 2.45) is 11.3 Å². The number of piperidine rings is 1. The first kappa shape index (κ1) is 21.0. The van der Waals surface area contributed by atoms with Crippen LogP contribution in [0.25, 0.3) is 0 Å². The van der Waals surface area contributed by atoms with E-state index < -0.39 is 0 Å². The maximum absolute atomic E-state index is 13.2. The van der Waals surface area contributed by atoms with Gasteiger partial charge in [0.2, 0.25) is 5.91 Å². The number of hydrogen-bond acceptors (Lipinski definition) is 4. The molecular formula is C26H32N4O2. The lowest BCUT2D eigenvalue weighted by molar-refractivity contribution is -0.134. The Balaban J connectivity index is 1.15. The fraction of sp³-hybridized carbons (Fsp3) is 0.500. The van der Waals surface area contributed by atoms with Gasteiger partial charge >= 0.3 is 0 Å². The van der Waals surface area contributed by atoms with E-state index in [1.54, 1.807) is 0 Å². The van der Waals surface area contributed by atoms with E-state index in [0.29, 0.717) is 5.91 Å². The number of aromatic nitrogens is 1. The van der Waals surface area contributed by atoms with E-state index in [4.69, 9.17) is 0 Å². The first-order chi connectivity index (χ1) is 15.5. The predicted molar refractivity (Wildman–Crippen MR) is 125 cm³/mol. The van der Waals surface area contributed by atoms with Crippen molar-refractivity contribution in [3.8, 4) is 0 Å². The summed E-state index contributed by atoms with van der Waals surface area (Å²) in [4.78, 5) is 37.0. The Labute approximate surface area is 190 Å². The normalized spacial score (nSPS) is 22.2. The van der Waals surface area contributed by atoms with Gasteiger partial charge in [0, 0.05) is 56.9 Å². The molecule has 32 heavy (non-hydrogen) atoms. The first-order valence-electron chi connectivity index (χ1n) is 11.8. The lowest BCUT2D eigenvalue weighted by atomic mass is 9.89. The summed E-state index contributed by atoms with van der Waals surface area (Å²) in [5, 5.41) is 0. The maximum atomic E-state index is 13.2. The van der Waals surface area contributed by atoms with Crippen LogP contribution in [0.1, 0.15) is 40.7 Å². The highest BCUT2D eigenvalue weighted by Crippen LogP contribution is 2.60. The van der Waals surface area contributed by atoms with Crippen LogP contribution in [0.3, 0.4) is 0 Å². The average Bonchev–Trinajstić information content (AvgIpc) is 3.53. The van der Waals surface area contributed by atoms with Gasteiger partial charge < -0.3 is 14.7 Å². The molecule has 0 bridgehead atoms. The third-order valence-corrected chi connectivity index (χ3v) is 7.72. The largest absolute Gasteiger partial charge is 0.353 e. The van der Waals surface area contributed by atoms with Gasteiger partial charge in [-0.1, -0.05) is 23.8 Å². The second-order valence-electron chi connectivity index (χ2n) is 9.73. The molecule has 2 amide bonds. The third kappa shape index (κ3) is 3.87. The number of carbonyl (C=O) groups is 2.